The summed E-state index contributed by atoms with van der Waals surface area (Å²) in [7, 11) is -3.32. The molecule has 0 amide bonds. The van der Waals surface area contributed by atoms with Gasteiger partial charge in [0.05, 0.1) is 16.2 Å². The maximum atomic E-state index is 12.7. The Bertz CT molecular complexity index is 1200. The zero-order chi connectivity index (χ0) is 20.2. The molecule has 0 radical (unpaired) electrons. The molecule has 0 unspecified atom stereocenters. The summed E-state index contributed by atoms with van der Waals surface area (Å²) in [5, 5.41) is 1.00. The first-order chi connectivity index (χ1) is 13.9. The Balaban J connectivity index is 1.61. The van der Waals surface area contributed by atoms with Gasteiger partial charge >= 0.3 is 0 Å². The van der Waals surface area contributed by atoms with E-state index in [4.69, 9.17) is 15.7 Å². The van der Waals surface area contributed by atoms with E-state index >= 15 is 0 Å². The average Bonchev–Trinajstić information content (AvgIpc) is 2.81. The van der Waals surface area contributed by atoms with Gasteiger partial charge in [-0.15, -0.1) is 0 Å². The molecule has 1 aromatic heterocycles. The summed E-state index contributed by atoms with van der Waals surface area (Å²) >= 11 is 0. The number of nitrogens with zero attached hydrogens (tertiary/aromatic N) is 4. The molecule has 1 saturated heterocycles. The van der Waals surface area contributed by atoms with E-state index in [0.29, 0.717) is 23.9 Å². The zero-order valence-corrected chi connectivity index (χ0v) is 17.1. The van der Waals surface area contributed by atoms with Crippen molar-refractivity contribution in [3.05, 3.63) is 53.6 Å². The minimum atomic E-state index is -3.32. The molecule has 0 aliphatic carbocycles. The van der Waals surface area contributed by atoms with E-state index in [0.717, 1.165) is 40.9 Å². The fourth-order valence-electron chi connectivity index (χ4n) is 4.02. The van der Waals surface area contributed by atoms with Crippen LogP contribution >= 0.6 is 0 Å². The van der Waals surface area contributed by atoms with Gasteiger partial charge in [-0.3, -0.25) is 0 Å². The lowest BCUT2D eigenvalue weighted by Crippen LogP contribution is -2.56. The van der Waals surface area contributed by atoms with Crippen LogP contribution < -0.4 is 15.5 Å². The second-order valence-electron chi connectivity index (χ2n) is 7.88. The lowest BCUT2D eigenvalue weighted by Gasteiger charge is -2.38. The molecule has 0 saturated carbocycles. The van der Waals surface area contributed by atoms with Gasteiger partial charge in [0.2, 0.25) is 5.95 Å². The highest BCUT2D eigenvalue weighted by Crippen LogP contribution is 2.32. The van der Waals surface area contributed by atoms with Gasteiger partial charge in [0, 0.05) is 37.6 Å². The predicted octanol–water partition coefficient (Wildman–Crippen LogP) is 1.88. The third-order valence-electron chi connectivity index (χ3n) is 5.61. The van der Waals surface area contributed by atoms with Crippen LogP contribution in [0.1, 0.15) is 11.1 Å². The molecule has 1 fully saturated rings. The van der Waals surface area contributed by atoms with Crippen molar-refractivity contribution in [2.24, 2.45) is 5.73 Å². The maximum Gasteiger partial charge on any atom is 0.228 e. The van der Waals surface area contributed by atoms with Crippen molar-refractivity contribution in [3.8, 4) is 0 Å². The number of anilines is 2. The van der Waals surface area contributed by atoms with Gasteiger partial charge in [-0.25, -0.2) is 13.4 Å². The predicted molar refractivity (Wildman–Crippen MR) is 114 cm³/mol. The van der Waals surface area contributed by atoms with Gasteiger partial charge in [-0.2, -0.15) is 4.98 Å². The summed E-state index contributed by atoms with van der Waals surface area (Å²) in [6.07, 6.45) is 0. The Hall–Kier alpha value is -2.71. The molecule has 0 bridgehead atoms. The molecule has 3 aromatic rings. The molecule has 8 heteroatoms. The van der Waals surface area contributed by atoms with Gasteiger partial charge in [-0.05, 0) is 30.7 Å². The van der Waals surface area contributed by atoms with E-state index in [1.807, 2.05) is 29.2 Å². The highest BCUT2D eigenvalue weighted by molar-refractivity contribution is 7.91. The van der Waals surface area contributed by atoms with Crippen LogP contribution in [-0.4, -0.2) is 49.8 Å². The van der Waals surface area contributed by atoms with Crippen molar-refractivity contribution in [2.75, 3.05) is 35.2 Å². The van der Waals surface area contributed by atoms with E-state index in [9.17, 15) is 8.42 Å². The molecule has 7 nitrogen and oxygen atoms in total. The second kappa shape index (κ2) is 6.67. The fourth-order valence-corrected chi connectivity index (χ4v) is 5.51. The molecular weight excluding hydrogens is 386 g/mol. The molecule has 2 aromatic carbocycles. The molecule has 3 heterocycles. The van der Waals surface area contributed by atoms with Crippen LogP contribution in [-0.2, 0) is 16.4 Å². The smallest absolute Gasteiger partial charge is 0.228 e. The van der Waals surface area contributed by atoms with Crippen LogP contribution in [0.4, 0.5) is 11.8 Å². The lowest BCUT2D eigenvalue weighted by molar-refractivity contribution is 0.515. The van der Waals surface area contributed by atoms with Gasteiger partial charge in [0.15, 0.2) is 9.84 Å². The van der Waals surface area contributed by atoms with E-state index in [1.54, 1.807) is 12.1 Å². The van der Waals surface area contributed by atoms with Gasteiger partial charge < -0.3 is 15.5 Å². The van der Waals surface area contributed by atoms with Gasteiger partial charge in [-0.1, -0.05) is 29.8 Å². The number of aromatic nitrogens is 2. The van der Waals surface area contributed by atoms with Crippen molar-refractivity contribution in [2.45, 2.75) is 24.4 Å². The van der Waals surface area contributed by atoms with E-state index < -0.39 is 9.84 Å². The topological polar surface area (TPSA) is 92.4 Å². The molecule has 0 spiro atoms. The van der Waals surface area contributed by atoms with E-state index in [1.165, 1.54) is 0 Å². The van der Waals surface area contributed by atoms with Crippen LogP contribution in [0.2, 0.25) is 0 Å². The largest absolute Gasteiger partial charge is 0.353 e. The maximum absolute atomic E-state index is 12.7. The van der Waals surface area contributed by atoms with E-state index in [2.05, 4.69) is 17.9 Å². The lowest BCUT2D eigenvalue weighted by atomic mass is 10.1. The summed E-state index contributed by atoms with van der Waals surface area (Å²) in [4.78, 5) is 14.2. The van der Waals surface area contributed by atoms with Crippen molar-refractivity contribution in [1.82, 2.24) is 9.97 Å². The van der Waals surface area contributed by atoms with Crippen molar-refractivity contribution in [1.29, 1.82) is 0 Å². The SMILES string of the molecule is Cc1ccc2nc(N3CCS(=O)(=O)c4ccccc4C3)nc(N3CC(N)C3)c2c1. The Morgan fingerprint density at radius 3 is 2.66 bits per heavy atom. The van der Waals surface area contributed by atoms with Gasteiger partial charge in [0.1, 0.15) is 5.82 Å². The molecule has 29 heavy (non-hydrogen) atoms. The number of nitrogens with two attached hydrogens (primary N) is 1. The Kier molecular flexibility index (Phi) is 4.22. The zero-order valence-electron chi connectivity index (χ0n) is 16.2. The standard InChI is InChI=1S/C21H23N5O2S/c1-14-6-7-18-17(10-14)20(26-12-16(22)13-26)24-21(23-18)25-8-9-29(27,28)19-5-3-2-4-15(19)11-25/h2-7,10,16H,8-9,11-13,22H2,1H3. The number of rotatable bonds is 2. The number of sulfone groups is 1. The van der Waals surface area contributed by atoms with Crippen LogP contribution in [0.5, 0.6) is 0 Å². The highest BCUT2D eigenvalue weighted by Gasteiger charge is 2.29. The Morgan fingerprint density at radius 1 is 1.07 bits per heavy atom. The fraction of sp³-hybridized carbons (Fsp3) is 0.333. The van der Waals surface area contributed by atoms with Crippen molar-refractivity contribution in [3.63, 3.8) is 0 Å². The number of hydrogen-bond donors (Lipinski definition) is 1. The molecular formula is C21H23N5O2S. The van der Waals surface area contributed by atoms with Crippen LogP contribution in [0.3, 0.4) is 0 Å². The first-order valence-corrected chi connectivity index (χ1v) is 11.4. The molecule has 2 N–H and O–H groups in total. The van der Waals surface area contributed by atoms with E-state index in [-0.39, 0.29) is 11.8 Å². The Morgan fingerprint density at radius 2 is 1.86 bits per heavy atom. The number of hydrogen-bond acceptors (Lipinski definition) is 7. The monoisotopic (exact) mass is 409 g/mol. The molecule has 0 atom stereocenters. The first-order valence-electron chi connectivity index (χ1n) is 9.75. The Labute approximate surface area is 170 Å². The first kappa shape index (κ1) is 18.3. The molecule has 5 rings (SSSR count). The van der Waals surface area contributed by atoms with Crippen LogP contribution in [0.15, 0.2) is 47.4 Å². The number of aryl methyl sites for hydroxylation is 1. The van der Waals surface area contributed by atoms with Crippen molar-refractivity contribution >= 4 is 32.5 Å². The third kappa shape index (κ3) is 3.22. The van der Waals surface area contributed by atoms with Crippen LogP contribution in [0, 0.1) is 6.92 Å². The highest BCUT2D eigenvalue weighted by atomic mass is 32.2. The summed E-state index contributed by atoms with van der Waals surface area (Å²) < 4.78 is 25.4. The average molecular weight is 410 g/mol. The third-order valence-corrected chi connectivity index (χ3v) is 7.40. The quantitative estimate of drug-likeness (QED) is 0.691. The summed E-state index contributed by atoms with van der Waals surface area (Å²) in [5.74, 6) is 1.47. The summed E-state index contributed by atoms with van der Waals surface area (Å²) in [5.41, 5.74) is 8.79. The van der Waals surface area contributed by atoms with Crippen molar-refractivity contribution < 1.29 is 8.42 Å². The van der Waals surface area contributed by atoms with Gasteiger partial charge in [0.25, 0.3) is 0 Å². The summed E-state index contributed by atoms with van der Waals surface area (Å²) in [6.45, 7) is 4.39. The van der Waals surface area contributed by atoms with Crippen LogP contribution in [0.25, 0.3) is 10.9 Å². The number of benzene rings is 2. The normalized spacial score (nSPS) is 19.0. The molecule has 2 aliphatic rings. The minimum absolute atomic E-state index is 0.0449. The minimum Gasteiger partial charge on any atom is -0.353 e. The summed E-state index contributed by atoms with van der Waals surface area (Å²) in [6, 6.07) is 13.5. The molecule has 2 aliphatic heterocycles. The second-order valence-corrected chi connectivity index (χ2v) is 9.96. The number of fused-ring (bicyclic) bond motifs is 2. The molecule has 150 valence electrons.